The van der Waals surface area contributed by atoms with Crippen LogP contribution >= 0.6 is 15.9 Å². The van der Waals surface area contributed by atoms with E-state index in [1.54, 1.807) is 0 Å². The lowest BCUT2D eigenvalue weighted by Gasteiger charge is -2.21. The summed E-state index contributed by atoms with van der Waals surface area (Å²) in [6, 6.07) is 17.0. The average Bonchev–Trinajstić information content (AvgIpc) is 2.98. The van der Waals surface area contributed by atoms with Crippen molar-refractivity contribution >= 4 is 26.8 Å². The highest BCUT2D eigenvalue weighted by Gasteiger charge is 2.23. The first-order valence-corrected chi connectivity index (χ1v) is 9.49. The van der Waals surface area contributed by atoms with Crippen LogP contribution in [-0.4, -0.2) is 11.5 Å². The summed E-state index contributed by atoms with van der Waals surface area (Å²) in [5.41, 5.74) is 5.06. The van der Waals surface area contributed by atoms with E-state index >= 15 is 0 Å². The second kappa shape index (κ2) is 7.59. The van der Waals surface area contributed by atoms with Gasteiger partial charge in [-0.3, -0.25) is 0 Å². The summed E-state index contributed by atoms with van der Waals surface area (Å²) in [7, 11) is 0. The SMILES string of the molecule is C=CC(C)(C)c1[nH]c2cc(Br)ccc2c1CCNCc1ccccc1. The molecular formula is C22H25BrN2. The van der Waals surface area contributed by atoms with Gasteiger partial charge in [-0.2, -0.15) is 0 Å². The normalized spacial score (nSPS) is 11.8. The van der Waals surface area contributed by atoms with Crippen LogP contribution in [0.3, 0.4) is 0 Å². The van der Waals surface area contributed by atoms with Crippen molar-refractivity contribution in [2.75, 3.05) is 6.54 Å². The largest absolute Gasteiger partial charge is 0.357 e. The number of aromatic nitrogens is 1. The molecule has 0 aliphatic rings. The van der Waals surface area contributed by atoms with E-state index in [0.717, 1.165) is 24.0 Å². The fraction of sp³-hybridized carbons (Fsp3) is 0.273. The molecule has 130 valence electrons. The zero-order chi connectivity index (χ0) is 17.9. The molecule has 0 bridgehead atoms. The van der Waals surface area contributed by atoms with Gasteiger partial charge >= 0.3 is 0 Å². The van der Waals surface area contributed by atoms with Crippen molar-refractivity contribution in [1.82, 2.24) is 10.3 Å². The van der Waals surface area contributed by atoms with Crippen LogP contribution in [0.4, 0.5) is 0 Å². The van der Waals surface area contributed by atoms with Gasteiger partial charge in [0.25, 0.3) is 0 Å². The Bertz CT molecular complexity index is 862. The van der Waals surface area contributed by atoms with Crippen molar-refractivity contribution in [3.05, 3.63) is 82.5 Å². The fourth-order valence-electron chi connectivity index (χ4n) is 3.18. The van der Waals surface area contributed by atoms with Crippen LogP contribution in [0.5, 0.6) is 0 Å². The summed E-state index contributed by atoms with van der Waals surface area (Å²) < 4.78 is 1.10. The molecule has 0 amide bonds. The van der Waals surface area contributed by atoms with Gasteiger partial charge in [0.1, 0.15) is 0 Å². The molecule has 0 spiro atoms. The molecule has 0 saturated carbocycles. The molecule has 0 saturated heterocycles. The lowest BCUT2D eigenvalue weighted by molar-refractivity contribution is 0.630. The van der Waals surface area contributed by atoms with Gasteiger partial charge in [-0.15, -0.1) is 6.58 Å². The summed E-state index contributed by atoms with van der Waals surface area (Å²) >= 11 is 3.57. The molecule has 2 N–H and O–H groups in total. The summed E-state index contributed by atoms with van der Waals surface area (Å²) in [5.74, 6) is 0. The number of nitrogens with one attached hydrogen (secondary N) is 2. The quantitative estimate of drug-likeness (QED) is 0.387. The molecule has 1 heterocycles. The van der Waals surface area contributed by atoms with E-state index in [4.69, 9.17) is 0 Å². The molecule has 0 aliphatic carbocycles. The maximum atomic E-state index is 4.03. The van der Waals surface area contributed by atoms with Crippen molar-refractivity contribution in [3.63, 3.8) is 0 Å². The van der Waals surface area contributed by atoms with E-state index in [1.165, 1.54) is 27.7 Å². The molecule has 0 radical (unpaired) electrons. The second-order valence-corrected chi connectivity index (χ2v) is 7.92. The van der Waals surface area contributed by atoms with E-state index in [1.807, 2.05) is 6.08 Å². The van der Waals surface area contributed by atoms with Gasteiger partial charge in [0, 0.05) is 33.0 Å². The first kappa shape index (κ1) is 18.0. The standard InChI is InChI=1S/C22H25BrN2/c1-4-22(2,3)21-19(18-11-10-17(23)14-20(18)25-21)12-13-24-15-16-8-6-5-7-9-16/h4-11,14,24-25H,1,12-13,15H2,2-3H3. The Balaban J connectivity index is 1.81. The van der Waals surface area contributed by atoms with E-state index in [0.29, 0.717) is 0 Å². The van der Waals surface area contributed by atoms with Gasteiger partial charge in [0.05, 0.1) is 0 Å². The summed E-state index contributed by atoms with van der Waals surface area (Å²) in [6.45, 7) is 10.3. The maximum Gasteiger partial charge on any atom is 0.0470 e. The third kappa shape index (κ3) is 4.05. The Morgan fingerprint density at radius 2 is 1.92 bits per heavy atom. The second-order valence-electron chi connectivity index (χ2n) is 7.01. The van der Waals surface area contributed by atoms with Crippen LogP contribution in [0.15, 0.2) is 65.7 Å². The zero-order valence-electron chi connectivity index (χ0n) is 14.9. The number of benzene rings is 2. The minimum Gasteiger partial charge on any atom is -0.357 e. The Labute approximate surface area is 158 Å². The monoisotopic (exact) mass is 396 g/mol. The number of hydrogen-bond donors (Lipinski definition) is 2. The Morgan fingerprint density at radius 1 is 1.16 bits per heavy atom. The molecule has 2 aromatic carbocycles. The van der Waals surface area contributed by atoms with Gasteiger partial charge in [-0.25, -0.2) is 0 Å². The Kier molecular flexibility index (Phi) is 5.45. The van der Waals surface area contributed by atoms with Gasteiger partial charge in [0.15, 0.2) is 0 Å². The number of rotatable bonds is 7. The smallest absolute Gasteiger partial charge is 0.0470 e. The number of aromatic amines is 1. The van der Waals surface area contributed by atoms with Crippen LogP contribution in [-0.2, 0) is 18.4 Å². The van der Waals surface area contributed by atoms with E-state index in [2.05, 4.69) is 95.2 Å². The van der Waals surface area contributed by atoms with Crippen molar-refractivity contribution in [1.29, 1.82) is 0 Å². The molecule has 0 aliphatic heterocycles. The number of fused-ring (bicyclic) bond motifs is 1. The van der Waals surface area contributed by atoms with Crippen LogP contribution in [0, 0.1) is 0 Å². The van der Waals surface area contributed by atoms with Crippen molar-refractivity contribution < 1.29 is 0 Å². The predicted octanol–water partition coefficient (Wildman–Crippen LogP) is 5.73. The molecular weight excluding hydrogens is 372 g/mol. The first-order chi connectivity index (χ1) is 12.0. The van der Waals surface area contributed by atoms with Crippen molar-refractivity contribution in [2.24, 2.45) is 0 Å². The molecule has 0 unspecified atom stereocenters. The average molecular weight is 397 g/mol. The summed E-state index contributed by atoms with van der Waals surface area (Å²) in [4.78, 5) is 3.63. The van der Waals surface area contributed by atoms with E-state index in [9.17, 15) is 0 Å². The lowest BCUT2D eigenvalue weighted by atomic mass is 9.86. The molecule has 25 heavy (non-hydrogen) atoms. The molecule has 3 aromatic rings. The van der Waals surface area contributed by atoms with E-state index in [-0.39, 0.29) is 5.41 Å². The zero-order valence-corrected chi connectivity index (χ0v) is 16.5. The van der Waals surface area contributed by atoms with Gasteiger partial charge in [0.2, 0.25) is 0 Å². The maximum absolute atomic E-state index is 4.03. The molecule has 1 aromatic heterocycles. The van der Waals surface area contributed by atoms with Crippen LogP contribution in [0.1, 0.15) is 30.7 Å². The fourth-order valence-corrected chi connectivity index (χ4v) is 3.54. The highest BCUT2D eigenvalue weighted by molar-refractivity contribution is 9.10. The molecule has 2 nitrogen and oxygen atoms in total. The van der Waals surface area contributed by atoms with Crippen molar-refractivity contribution in [2.45, 2.75) is 32.2 Å². The van der Waals surface area contributed by atoms with Crippen LogP contribution in [0.2, 0.25) is 0 Å². The third-order valence-electron chi connectivity index (χ3n) is 4.75. The Hall–Kier alpha value is -1.84. The number of halogens is 1. The highest BCUT2D eigenvalue weighted by Crippen LogP contribution is 2.33. The van der Waals surface area contributed by atoms with Crippen molar-refractivity contribution in [3.8, 4) is 0 Å². The van der Waals surface area contributed by atoms with E-state index < -0.39 is 0 Å². The number of hydrogen-bond acceptors (Lipinski definition) is 1. The summed E-state index contributed by atoms with van der Waals surface area (Å²) in [6.07, 6.45) is 3.01. The molecule has 0 fully saturated rings. The molecule has 3 heteroatoms. The highest BCUT2D eigenvalue weighted by atomic mass is 79.9. The van der Waals surface area contributed by atoms with Gasteiger partial charge < -0.3 is 10.3 Å². The topological polar surface area (TPSA) is 27.8 Å². The minimum atomic E-state index is -0.0831. The lowest BCUT2D eigenvalue weighted by Crippen LogP contribution is -2.20. The minimum absolute atomic E-state index is 0.0831. The predicted molar refractivity (Wildman–Crippen MR) is 111 cm³/mol. The van der Waals surface area contributed by atoms with Crippen LogP contribution in [0.25, 0.3) is 10.9 Å². The third-order valence-corrected chi connectivity index (χ3v) is 5.24. The summed E-state index contributed by atoms with van der Waals surface area (Å²) in [5, 5.41) is 4.86. The molecule has 0 atom stereocenters. The molecule has 3 rings (SSSR count). The van der Waals surface area contributed by atoms with Crippen LogP contribution < -0.4 is 5.32 Å². The van der Waals surface area contributed by atoms with Gasteiger partial charge in [-0.1, -0.05) is 72.3 Å². The number of H-pyrrole nitrogens is 1. The van der Waals surface area contributed by atoms with Gasteiger partial charge in [-0.05, 0) is 36.2 Å². The Morgan fingerprint density at radius 3 is 2.64 bits per heavy atom. The first-order valence-electron chi connectivity index (χ1n) is 8.70. The number of allylic oxidation sites excluding steroid dienone is 1.